The molecule has 18 heavy (non-hydrogen) atoms. The number of nitrogens with two attached hydrogens (primary N) is 1. The van der Waals surface area contributed by atoms with Crippen LogP contribution in [0.25, 0.3) is 0 Å². The van der Waals surface area contributed by atoms with Crippen LogP contribution in [0.4, 0.5) is 5.13 Å². The number of nitrogens with zero attached hydrogens (tertiary/aromatic N) is 2. The largest absolute Gasteiger partial charge is 0.410 e. The summed E-state index contributed by atoms with van der Waals surface area (Å²) in [7, 11) is 0. The monoisotopic (exact) mass is 273 g/mol. The zero-order valence-corrected chi connectivity index (χ0v) is 10.4. The number of aliphatic hydroxyl groups is 1. The SMILES string of the molecule is Nc1nc(C(=NO)C(=O)NCCNCCO)cs1. The second-order valence-corrected chi connectivity index (χ2v) is 4.14. The smallest absolute Gasteiger partial charge is 0.275 e. The minimum absolute atomic E-state index is 0.0371. The van der Waals surface area contributed by atoms with E-state index in [0.717, 1.165) is 11.3 Å². The van der Waals surface area contributed by atoms with Crippen LogP contribution in [0.5, 0.6) is 0 Å². The van der Waals surface area contributed by atoms with Crippen LogP contribution in [-0.4, -0.2) is 53.2 Å². The highest BCUT2D eigenvalue weighted by molar-refractivity contribution is 7.13. The van der Waals surface area contributed by atoms with Crippen LogP contribution in [0.3, 0.4) is 0 Å². The molecule has 6 N–H and O–H groups in total. The number of nitrogens with one attached hydrogen (secondary N) is 2. The molecule has 0 unspecified atom stereocenters. The summed E-state index contributed by atoms with van der Waals surface area (Å²) in [4.78, 5) is 15.5. The summed E-state index contributed by atoms with van der Waals surface area (Å²) in [5.74, 6) is -0.534. The first-order chi connectivity index (χ1) is 8.69. The van der Waals surface area contributed by atoms with Gasteiger partial charge in [-0.3, -0.25) is 4.79 Å². The standard InChI is InChI=1S/C9H15N5O3S/c10-9-13-6(5-18-9)7(14-17)8(16)12-2-1-11-3-4-15/h5,11,15,17H,1-4H2,(H2,10,13)(H,12,16). The summed E-state index contributed by atoms with van der Waals surface area (Å²) < 4.78 is 0. The lowest BCUT2D eigenvalue weighted by molar-refractivity contribution is -0.114. The fourth-order valence-electron chi connectivity index (χ4n) is 1.16. The molecule has 0 saturated carbocycles. The zero-order chi connectivity index (χ0) is 13.4. The van der Waals surface area contributed by atoms with E-state index >= 15 is 0 Å². The fourth-order valence-corrected chi connectivity index (χ4v) is 1.71. The van der Waals surface area contributed by atoms with Crippen LogP contribution in [0.2, 0.25) is 0 Å². The summed E-state index contributed by atoms with van der Waals surface area (Å²) in [6.45, 7) is 1.34. The molecule has 8 nitrogen and oxygen atoms in total. The number of oxime groups is 1. The Hall–Kier alpha value is -1.71. The molecule has 100 valence electrons. The summed E-state index contributed by atoms with van der Waals surface area (Å²) in [5, 5.41) is 27.5. The molecule has 0 saturated heterocycles. The van der Waals surface area contributed by atoms with Crippen LogP contribution >= 0.6 is 11.3 Å². The van der Waals surface area contributed by atoms with Crippen molar-refractivity contribution in [1.82, 2.24) is 15.6 Å². The Kier molecular flexibility index (Phi) is 6.05. The molecule has 0 bridgehead atoms. The number of anilines is 1. The molecule has 1 amide bonds. The van der Waals surface area contributed by atoms with Gasteiger partial charge in [0.05, 0.1) is 6.61 Å². The minimum Gasteiger partial charge on any atom is -0.410 e. The zero-order valence-electron chi connectivity index (χ0n) is 9.59. The Morgan fingerprint density at radius 3 is 2.83 bits per heavy atom. The topological polar surface area (TPSA) is 133 Å². The molecule has 1 aromatic rings. The lowest BCUT2D eigenvalue weighted by Gasteiger charge is -2.05. The van der Waals surface area contributed by atoms with E-state index in [1.165, 1.54) is 5.38 Å². The fraction of sp³-hybridized carbons (Fsp3) is 0.444. The van der Waals surface area contributed by atoms with E-state index < -0.39 is 5.91 Å². The summed E-state index contributed by atoms with van der Waals surface area (Å²) in [6.07, 6.45) is 0. The van der Waals surface area contributed by atoms with Gasteiger partial charge in [-0.05, 0) is 0 Å². The Bertz CT molecular complexity index is 420. The van der Waals surface area contributed by atoms with Crippen LogP contribution in [0, 0.1) is 0 Å². The molecule has 0 aromatic carbocycles. The van der Waals surface area contributed by atoms with Gasteiger partial charge in [0, 0.05) is 25.0 Å². The van der Waals surface area contributed by atoms with Crippen LogP contribution in [-0.2, 0) is 4.79 Å². The summed E-state index contributed by atoms with van der Waals surface area (Å²) in [6, 6.07) is 0. The van der Waals surface area contributed by atoms with Gasteiger partial charge in [-0.1, -0.05) is 5.16 Å². The molecule has 0 fully saturated rings. The number of nitrogen functional groups attached to an aromatic ring is 1. The first kappa shape index (κ1) is 14.4. The molecule has 0 aliphatic heterocycles. The van der Waals surface area contributed by atoms with E-state index in [-0.39, 0.29) is 18.0 Å². The van der Waals surface area contributed by atoms with Crippen molar-refractivity contribution in [2.24, 2.45) is 5.16 Å². The maximum absolute atomic E-state index is 11.7. The van der Waals surface area contributed by atoms with Crippen LogP contribution in [0.15, 0.2) is 10.5 Å². The number of rotatable bonds is 7. The lowest BCUT2D eigenvalue weighted by atomic mass is 10.3. The first-order valence-corrected chi connectivity index (χ1v) is 6.10. The van der Waals surface area contributed by atoms with Gasteiger partial charge in [0.15, 0.2) is 10.8 Å². The first-order valence-electron chi connectivity index (χ1n) is 5.22. The lowest BCUT2D eigenvalue weighted by Crippen LogP contribution is -2.37. The molecule has 1 heterocycles. The van der Waals surface area contributed by atoms with Gasteiger partial charge in [-0.25, -0.2) is 4.98 Å². The van der Waals surface area contributed by atoms with Gasteiger partial charge in [0.2, 0.25) is 0 Å². The maximum Gasteiger partial charge on any atom is 0.275 e. The molecule has 0 aliphatic carbocycles. The molecule has 1 rings (SSSR count). The number of carbonyl (C=O) groups excluding carboxylic acids is 1. The van der Waals surface area contributed by atoms with Gasteiger partial charge >= 0.3 is 0 Å². The molecule has 1 aromatic heterocycles. The van der Waals surface area contributed by atoms with E-state index in [9.17, 15) is 4.79 Å². The quantitative estimate of drug-likeness (QED) is 0.180. The number of carbonyl (C=O) groups is 1. The van der Waals surface area contributed by atoms with Gasteiger partial charge in [0.1, 0.15) is 5.69 Å². The molecule has 0 spiro atoms. The van der Waals surface area contributed by atoms with Crippen molar-refractivity contribution >= 4 is 28.1 Å². The third-order valence-electron chi connectivity index (χ3n) is 1.96. The highest BCUT2D eigenvalue weighted by Gasteiger charge is 2.17. The van der Waals surface area contributed by atoms with Gasteiger partial charge < -0.3 is 26.7 Å². The third kappa shape index (κ3) is 4.28. The Balaban J connectivity index is 2.44. The normalized spacial score (nSPS) is 11.5. The molecular weight excluding hydrogens is 258 g/mol. The predicted molar refractivity (Wildman–Crippen MR) is 67.8 cm³/mol. The molecule has 0 aliphatic rings. The van der Waals surface area contributed by atoms with Crippen molar-refractivity contribution in [3.63, 3.8) is 0 Å². The summed E-state index contributed by atoms with van der Waals surface area (Å²) in [5.41, 5.74) is 5.49. The second-order valence-electron chi connectivity index (χ2n) is 3.25. The highest BCUT2D eigenvalue weighted by atomic mass is 32.1. The number of hydrogen-bond acceptors (Lipinski definition) is 8. The van der Waals surface area contributed by atoms with Gasteiger partial charge in [0.25, 0.3) is 5.91 Å². The third-order valence-corrected chi connectivity index (χ3v) is 2.63. The van der Waals surface area contributed by atoms with E-state index in [1.54, 1.807) is 0 Å². The minimum atomic E-state index is -0.534. The Labute approximate surface area is 108 Å². The molecule has 0 radical (unpaired) electrons. The van der Waals surface area contributed by atoms with Crippen molar-refractivity contribution in [3.05, 3.63) is 11.1 Å². The Morgan fingerprint density at radius 1 is 1.50 bits per heavy atom. The molecule has 0 atom stereocenters. The number of aromatic nitrogens is 1. The average molecular weight is 273 g/mol. The molecular formula is C9H15N5O3S. The van der Waals surface area contributed by atoms with Crippen molar-refractivity contribution < 1.29 is 15.1 Å². The number of hydrogen-bond donors (Lipinski definition) is 5. The Morgan fingerprint density at radius 2 is 2.28 bits per heavy atom. The van der Waals surface area contributed by atoms with E-state index in [1.807, 2.05) is 0 Å². The highest BCUT2D eigenvalue weighted by Crippen LogP contribution is 2.11. The average Bonchev–Trinajstić information content (AvgIpc) is 2.76. The van der Waals surface area contributed by atoms with Crippen molar-refractivity contribution in [1.29, 1.82) is 0 Å². The van der Waals surface area contributed by atoms with Gasteiger partial charge in [-0.2, -0.15) is 0 Å². The van der Waals surface area contributed by atoms with Crippen molar-refractivity contribution in [3.8, 4) is 0 Å². The van der Waals surface area contributed by atoms with E-state index in [0.29, 0.717) is 24.8 Å². The number of thiazole rings is 1. The maximum atomic E-state index is 11.7. The predicted octanol–water partition coefficient (Wildman–Crippen LogP) is -1.40. The van der Waals surface area contributed by atoms with E-state index in [2.05, 4.69) is 20.8 Å². The number of amides is 1. The van der Waals surface area contributed by atoms with Crippen LogP contribution in [0.1, 0.15) is 5.69 Å². The van der Waals surface area contributed by atoms with Crippen molar-refractivity contribution in [2.75, 3.05) is 32.0 Å². The molecule has 9 heteroatoms. The van der Waals surface area contributed by atoms with Gasteiger partial charge in [-0.15, -0.1) is 11.3 Å². The number of aliphatic hydroxyl groups excluding tert-OH is 1. The summed E-state index contributed by atoms with van der Waals surface area (Å²) >= 11 is 1.16. The van der Waals surface area contributed by atoms with Crippen LogP contribution < -0.4 is 16.4 Å². The van der Waals surface area contributed by atoms with E-state index in [4.69, 9.17) is 16.0 Å². The van der Waals surface area contributed by atoms with Crippen molar-refractivity contribution in [2.45, 2.75) is 0 Å². The second kappa shape index (κ2) is 7.58.